The highest BCUT2D eigenvalue weighted by Gasteiger charge is 2.50. The quantitative estimate of drug-likeness (QED) is 0.510. The highest BCUT2D eigenvalue weighted by molar-refractivity contribution is 7.99. The van der Waals surface area contributed by atoms with Crippen molar-refractivity contribution in [2.45, 2.75) is 45.1 Å². The van der Waals surface area contributed by atoms with Gasteiger partial charge < -0.3 is 10.1 Å². The standard InChI is InChI=1S/C13H25NO2S/c1-4-6-9-17-10-13(14-3,11-7-8-11)12(15)16-5-2/h11,14H,4-10H2,1-3H3. The second-order valence-electron chi connectivity index (χ2n) is 4.62. The number of hydrogen-bond acceptors (Lipinski definition) is 4. The fourth-order valence-corrected chi connectivity index (χ4v) is 3.49. The molecule has 4 heteroatoms. The van der Waals surface area contributed by atoms with Crippen molar-refractivity contribution in [1.29, 1.82) is 0 Å². The normalized spacial score (nSPS) is 18.8. The van der Waals surface area contributed by atoms with Crippen LogP contribution >= 0.6 is 11.8 Å². The average Bonchev–Trinajstić information content (AvgIpc) is 3.14. The van der Waals surface area contributed by atoms with E-state index in [1.165, 1.54) is 12.8 Å². The monoisotopic (exact) mass is 259 g/mol. The van der Waals surface area contributed by atoms with Crippen molar-refractivity contribution in [3.8, 4) is 0 Å². The van der Waals surface area contributed by atoms with Crippen LogP contribution in [-0.2, 0) is 9.53 Å². The van der Waals surface area contributed by atoms with Gasteiger partial charge in [0.1, 0.15) is 5.54 Å². The second kappa shape index (κ2) is 7.27. The number of unbranched alkanes of at least 4 members (excludes halogenated alkanes) is 1. The molecule has 1 unspecified atom stereocenters. The molecule has 0 aromatic rings. The van der Waals surface area contributed by atoms with Crippen LogP contribution in [-0.4, -0.2) is 36.7 Å². The number of nitrogens with one attached hydrogen (secondary N) is 1. The zero-order chi connectivity index (χ0) is 12.7. The predicted molar refractivity (Wildman–Crippen MR) is 73.4 cm³/mol. The fourth-order valence-electron chi connectivity index (χ4n) is 2.04. The minimum atomic E-state index is -0.436. The molecule has 0 spiro atoms. The lowest BCUT2D eigenvalue weighted by Crippen LogP contribution is -2.55. The van der Waals surface area contributed by atoms with Gasteiger partial charge in [-0.05, 0) is 44.9 Å². The average molecular weight is 259 g/mol. The topological polar surface area (TPSA) is 38.3 Å². The Kier molecular flexibility index (Phi) is 6.34. The minimum absolute atomic E-state index is 0.0611. The summed E-state index contributed by atoms with van der Waals surface area (Å²) in [6.07, 6.45) is 4.72. The fraction of sp³-hybridized carbons (Fsp3) is 0.923. The van der Waals surface area contributed by atoms with E-state index in [-0.39, 0.29) is 5.97 Å². The number of carbonyl (C=O) groups is 1. The zero-order valence-corrected chi connectivity index (χ0v) is 12.1. The van der Waals surface area contributed by atoms with Crippen molar-refractivity contribution in [2.24, 2.45) is 5.92 Å². The largest absolute Gasteiger partial charge is 0.465 e. The number of thioether (sulfide) groups is 1. The van der Waals surface area contributed by atoms with E-state index in [1.807, 2.05) is 25.7 Å². The summed E-state index contributed by atoms with van der Waals surface area (Å²) in [6, 6.07) is 0. The van der Waals surface area contributed by atoms with Crippen LogP contribution in [0.3, 0.4) is 0 Å². The van der Waals surface area contributed by atoms with Crippen LogP contribution in [0.4, 0.5) is 0 Å². The van der Waals surface area contributed by atoms with E-state index < -0.39 is 5.54 Å². The van der Waals surface area contributed by atoms with Crippen LogP contribution < -0.4 is 5.32 Å². The molecule has 0 radical (unpaired) electrons. The molecule has 0 aliphatic heterocycles. The summed E-state index contributed by atoms with van der Waals surface area (Å²) >= 11 is 1.87. The molecule has 0 aromatic carbocycles. The minimum Gasteiger partial charge on any atom is -0.465 e. The maximum absolute atomic E-state index is 12.1. The van der Waals surface area contributed by atoms with Crippen molar-refractivity contribution in [3.63, 3.8) is 0 Å². The van der Waals surface area contributed by atoms with Gasteiger partial charge in [0.05, 0.1) is 6.61 Å². The smallest absolute Gasteiger partial charge is 0.327 e. The van der Waals surface area contributed by atoms with Gasteiger partial charge in [-0.15, -0.1) is 0 Å². The maximum Gasteiger partial charge on any atom is 0.327 e. The molecule has 0 saturated heterocycles. The lowest BCUT2D eigenvalue weighted by molar-refractivity contribution is -0.150. The van der Waals surface area contributed by atoms with E-state index in [0.29, 0.717) is 12.5 Å². The van der Waals surface area contributed by atoms with Gasteiger partial charge in [0.25, 0.3) is 0 Å². The summed E-state index contributed by atoms with van der Waals surface area (Å²) in [7, 11) is 1.88. The molecule has 3 nitrogen and oxygen atoms in total. The van der Waals surface area contributed by atoms with Crippen molar-refractivity contribution in [2.75, 3.05) is 25.2 Å². The lowest BCUT2D eigenvalue weighted by atomic mass is 9.96. The number of likely N-dealkylation sites (N-methyl/N-ethyl adjacent to an activating group) is 1. The molecule has 1 aliphatic carbocycles. The number of esters is 1. The molecule has 1 aliphatic rings. The predicted octanol–water partition coefficient (Wildman–Crippen LogP) is 2.45. The molecule has 1 saturated carbocycles. The molecule has 1 fully saturated rings. The van der Waals surface area contributed by atoms with Gasteiger partial charge in [0.15, 0.2) is 0 Å². The number of ether oxygens (including phenoxy) is 1. The molecular weight excluding hydrogens is 234 g/mol. The van der Waals surface area contributed by atoms with Gasteiger partial charge in [0, 0.05) is 5.75 Å². The van der Waals surface area contributed by atoms with Crippen LogP contribution in [0.1, 0.15) is 39.5 Å². The third kappa shape index (κ3) is 3.88. The zero-order valence-electron chi connectivity index (χ0n) is 11.3. The SMILES string of the molecule is CCCCSCC(NC)(C(=O)OCC)C1CC1. The van der Waals surface area contributed by atoms with E-state index >= 15 is 0 Å². The van der Waals surface area contributed by atoms with Gasteiger partial charge in [-0.25, -0.2) is 0 Å². The Morgan fingerprint density at radius 3 is 2.65 bits per heavy atom. The van der Waals surface area contributed by atoms with Crippen LogP contribution in [0, 0.1) is 5.92 Å². The summed E-state index contributed by atoms with van der Waals surface area (Å²) in [4.78, 5) is 12.1. The Labute approximate surface area is 109 Å². The van der Waals surface area contributed by atoms with E-state index in [1.54, 1.807) is 0 Å². The Bertz CT molecular complexity index is 244. The summed E-state index contributed by atoms with van der Waals surface area (Å²) in [5.41, 5.74) is -0.436. The first-order valence-electron chi connectivity index (χ1n) is 6.65. The van der Waals surface area contributed by atoms with Gasteiger partial charge in [0.2, 0.25) is 0 Å². The van der Waals surface area contributed by atoms with Crippen LogP contribution in [0.2, 0.25) is 0 Å². The summed E-state index contributed by atoms with van der Waals surface area (Å²) < 4.78 is 5.24. The Hall–Kier alpha value is -0.220. The molecule has 17 heavy (non-hydrogen) atoms. The first kappa shape index (κ1) is 14.8. The number of hydrogen-bond donors (Lipinski definition) is 1. The maximum atomic E-state index is 12.1. The van der Waals surface area contributed by atoms with Gasteiger partial charge >= 0.3 is 5.97 Å². The number of rotatable bonds is 9. The first-order chi connectivity index (χ1) is 8.21. The molecule has 0 bridgehead atoms. The molecule has 0 amide bonds. The van der Waals surface area contributed by atoms with Gasteiger partial charge in [-0.1, -0.05) is 13.3 Å². The van der Waals surface area contributed by atoms with E-state index in [4.69, 9.17) is 4.74 Å². The Morgan fingerprint density at radius 1 is 1.47 bits per heavy atom. The van der Waals surface area contributed by atoms with E-state index in [9.17, 15) is 4.79 Å². The molecule has 0 heterocycles. The second-order valence-corrected chi connectivity index (χ2v) is 5.73. The molecule has 1 rings (SSSR count). The highest BCUT2D eigenvalue weighted by atomic mass is 32.2. The van der Waals surface area contributed by atoms with Crippen molar-refractivity contribution >= 4 is 17.7 Å². The Balaban J connectivity index is 2.54. The molecule has 0 aromatic heterocycles. The Morgan fingerprint density at radius 2 is 2.18 bits per heavy atom. The van der Waals surface area contributed by atoms with Crippen molar-refractivity contribution in [3.05, 3.63) is 0 Å². The number of carbonyl (C=O) groups excluding carboxylic acids is 1. The van der Waals surface area contributed by atoms with Gasteiger partial charge in [-0.3, -0.25) is 4.79 Å². The summed E-state index contributed by atoms with van der Waals surface area (Å²) in [5, 5.41) is 3.24. The molecule has 1 N–H and O–H groups in total. The van der Waals surface area contributed by atoms with E-state index in [2.05, 4.69) is 12.2 Å². The third-order valence-electron chi connectivity index (χ3n) is 3.33. The summed E-state index contributed by atoms with van der Waals surface area (Å²) in [5.74, 6) is 2.38. The van der Waals surface area contributed by atoms with Crippen LogP contribution in [0.5, 0.6) is 0 Å². The van der Waals surface area contributed by atoms with Crippen molar-refractivity contribution < 1.29 is 9.53 Å². The molecule has 100 valence electrons. The van der Waals surface area contributed by atoms with Gasteiger partial charge in [-0.2, -0.15) is 11.8 Å². The summed E-state index contributed by atoms with van der Waals surface area (Å²) in [6.45, 7) is 4.53. The van der Waals surface area contributed by atoms with Crippen molar-refractivity contribution in [1.82, 2.24) is 5.32 Å². The third-order valence-corrected chi connectivity index (χ3v) is 4.57. The lowest BCUT2D eigenvalue weighted by Gasteiger charge is -2.31. The highest BCUT2D eigenvalue weighted by Crippen LogP contribution is 2.42. The first-order valence-corrected chi connectivity index (χ1v) is 7.80. The molecular formula is C13H25NO2S. The van der Waals surface area contributed by atoms with Crippen LogP contribution in [0.15, 0.2) is 0 Å². The van der Waals surface area contributed by atoms with Crippen LogP contribution in [0.25, 0.3) is 0 Å². The van der Waals surface area contributed by atoms with E-state index in [0.717, 1.165) is 24.3 Å². The molecule has 1 atom stereocenters.